The molecule has 0 aromatic rings. The molecule has 2 heteroatoms. The second-order valence-corrected chi connectivity index (χ2v) is 4.23. The van der Waals surface area contributed by atoms with E-state index in [1.807, 2.05) is 26.8 Å². The molecule has 68 valence electrons. The van der Waals surface area contributed by atoms with Crippen LogP contribution in [0, 0.1) is 5.92 Å². The molecule has 12 heavy (non-hydrogen) atoms. The molecule has 0 radical (unpaired) electrons. The largest absolute Gasteiger partial charge is 0.457 e. The SMILES string of the molecule is CC(C)(C)OC(=O)/C=C/C1CC1. The van der Waals surface area contributed by atoms with Crippen LogP contribution in [0.25, 0.3) is 0 Å². The topological polar surface area (TPSA) is 26.3 Å². The molecular weight excluding hydrogens is 152 g/mol. The lowest BCUT2D eigenvalue weighted by molar-refractivity contribution is -0.148. The first kappa shape index (κ1) is 9.30. The average molecular weight is 168 g/mol. The summed E-state index contributed by atoms with van der Waals surface area (Å²) in [5, 5.41) is 0. The van der Waals surface area contributed by atoms with Gasteiger partial charge in [-0.25, -0.2) is 4.79 Å². The molecule has 0 unspecified atom stereocenters. The van der Waals surface area contributed by atoms with E-state index in [-0.39, 0.29) is 11.6 Å². The van der Waals surface area contributed by atoms with Crippen molar-refractivity contribution in [3.63, 3.8) is 0 Å². The molecule has 1 fully saturated rings. The van der Waals surface area contributed by atoms with Crippen LogP contribution in [0.4, 0.5) is 0 Å². The number of carbonyl (C=O) groups excluding carboxylic acids is 1. The van der Waals surface area contributed by atoms with Crippen LogP contribution in [0.5, 0.6) is 0 Å². The number of ether oxygens (including phenoxy) is 1. The molecule has 0 aromatic heterocycles. The Balaban J connectivity index is 2.27. The highest BCUT2D eigenvalue weighted by Gasteiger charge is 2.19. The summed E-state index contributed by atoms with van der Waals surface area (Å²) in [4.78, 5) is 11.1. The quantitative estimate of drug-likeness (QED) is 0.467. The Kier molecular flexibility index (Phi) is 2.55. The Hall–Kier alpha value is -0.790. The summed E-state index contributed by atoms with van der Waals surface area (Å²) in [5.41, 5.74) is -0.370. The lowest BCUT2D eigenvalue weighted by atomic mass is 10.2. The monoisotopic (exact) mass is 168 g/mol. The fraction of sp³-hybridized carbons (Fsp3) is 0.700. The summed E-state index contributed by atoms with van der Waals surface area (Å²) >= 11 is 0. The molecule has 1 aliphatic rings. The molecular formula is C10H16O2. The van der Waals surface area contributed by atoms with Crippen molar-refractivity contribution in [2.24, 2.45) is 5.92 Å². The third-order valence-corrected chi connectivity index (χ3v) is 1.53. The van der Waals surface area contributed by atoms with E-state index < -0.39 is 0 Å². The van der Waals surface area contributed by atoms with E-state index in [0.29, 0.717) is 5.92 Å². The highest BCUT2D eigenvalue weighted by atomic mass is 16.6. The third kappa shape index (κ3) is 4.16. The molecule has 0 atom stereocenters. The average Bonchev–Trinajstić information content (AvgIpc) is 2.61. The first-order valence-electron chi connectivity index (χ1n) is 4.38. The van der Waals surface area contributed by atoms with Crippen LogP contribution in [0.3, 0.4) is 0 Å². The number of esters is 1. The molecule has 2 nitrogen and oxygen atoms in total. The number of hydrogen-bond donors (Lipinski definition) is 0. The Morgan fingerprint density at radius 1 is 1.42 bits per heavy atom. The first-order chi connectivity index (χ1) is 5.47. The summed E-state index contributed by atoms with van der Waals surface area (Å²) in [7, 11) is 0. The highest BCUT2D eigenvalue weighted by Crippen LogP contribution is 2.30. The van der Waals surface area contributed by atoms with Gasteiger partial charge in [-0.05, 0) is 39.5 Å². The smallest absolute Gasteiger partial charge is 0.330 e. The normalized spacial score (nSPS) is 18.2. The summed E-state index contributed by atoms with van der Waals surface area (Å²) < 4.78 is 5.09. The van der Waals surface area contributed by atoms with Crippen molar-refractivity contribution < 1.29 is 9.53 Å². The molecule has 1 aliphatic carbocycles. The van der Waals surface area contributed by atoms with Crippen molar-refractivity contribution in [3.8, 4) is 0 Å². The van der Waals surface area contributed by atoms with Gasteiger partial charge in [0.2, 0.25) is 0 Å². The van der Waals surface area contributed by atoms with E-state index in [1.54, 1.807) is 6.08 Å². The van der Waals surface area contributed by atoms with Crippen LogP contribution in [0.1, 0.15) is 33.6 Å². The molecule has 0 aromatic carbocycles. The van der Waals surface area contributed by atoms with Gasteiger partial charge in [0.15, 0.2) is 0 Å². The van der Waals surface area contributed by atoms with Crippen LogP contribution in [-0.4, -0.2) is 11.6 Å². The summed E-state index contributed by atoms with van der Waals surface area (Å²) in [6.45, 7) is 5.61. The lowest BCUT2D eigenvalue weighted by Crippen LogP contribution is -2.22. The molecule has 0 N–H and O–H groups in total. The van der Waals surface area contributed by atoms with Gasteiger partial charge in [0.25, 0.3) is 0 Å². The van der Waals surface area contributed by atoms with Crippen molar-refractivity contribution in [1.82, 2.24) is 0 Å². The minimum absolute atomic E-state index is 0.227. The van der Waals surface area contributed by atoms with Gasteiger partial charge in [-0.1, -0.05) is 6.08 Å². The van der Waals surface area contributed by atoms with Gasteiger partial charge in [-0.2, -0.15) is 0 Å². The summed E-state index contributed by atoms with van der Waals surface area (Å²) in [5.74, 6) is 0.409. The minimum atomic E-state index is -0.370. The van der Waals surface area contributed by atoms with E-state index in [1.165, 1.54) is 12.8 Å². The van der Waals surface area contributed by atoms with Crippen LogP contribution in [0.15, 0.2) is 12.2 Å². The van der Waals surface area contributed by atoms with Crippen molar-refractivity contribution in [3.05, 3.63) is 12.2 Å². The van der Waals surface area contributed by atoms with E-state index in [9.17, 15) is 4.79 Å². The van der Waals surface area contributed by atoms with Gasteiger partial charge in [0.05, 0.1) is 0 Å². The first-order valence-corrected chi connectivity index (χ1v) is 4.38. The fourth-order valence-corrected chi connectivity index (χ4v) is 0.839. The maximum absolute atomic E-state index is 11.1. The highest BCUT2D eigenvalue weighted by molar-refractivity contribution is 5.82. The second-order valence-electron chi connectivity index (χ2n) is 4.23. The second kappa shape index (κ2) is 3.30. The zero-order chi connectivity index (χ0) is 9.19. The van der Waals surface area contributed by atoms with Gasteiger partial charge in [-0.3, -0.25) is 0 Å². The van der Waals surface area contributed by atoms with Gasteiger partial charge >= 0.3 is 5.97 Å². The molecule has 0 bridgehead atoms. The van der Waals surface area contributed by atoms with Crippen molar-refractivity contribution in [1.29, 1.82) is 0 Å². The predicted molar refractivity (Wildman–Crippen MR) is 47.7 cm³/mol. The number of carbonyl (C=O) groups is 1. The van der Waals surface area contributed by atoms with Gasteiger partial charge in [-0.15, -0.1) is 0 Å². The van der Waals surface area contributed by atoms with E-state index in [4.69, 9.17) is 4.74 Å². The number of rotatable bonds is 2. The van der Waals surface area contributed by atoms with Crippen LogP contribution >= 0.6 is 0 Å². The zero-order valence-electron chi connectivity index (χ0n) is 7.96. The Labute approximate surface area is 73.6 Å². The number of hydrogen-bond acceptors (Lipinski definition) is 2. The minimum Gasteiger partial charge on any atom is -0.457 e. The van der Waals surface area contributed by atoms with Gasteiger partial charge in [0.1, 0.15) is 5.60 Å². The van der Waals surface area contributed by atoms with Gasteiger partial charge in [0, 0.05) is 6.08 Å². The zero-order valence-corrected chi connectivity index (χ0v) is 7.96. The lowest BCUT2D eigenvalue weighted by Gasteiger charge is -2.17. The molecule has 0 heterocycles. The predicted octanol–water partition coefficient (Wildman–Crippen LogP) is 2.29. The van der Waals surface area contributed by atoms with Crippen molar-refractivity contribution >= 4 is 5.97 Å². The molecule has 1 rings (SSSR count). The molecule has 0 aliphatic heterocycles. The van der Waals surface area contributed by atoms with E-state index in [0.717, 1.165) is 0 Å². The summed E-state index contributed by atoms with van der Waals surface area (Å²) in [6, 6.07) is 0. The molecule has 1 saturated carbocycles. The summed E-state index contributed by atoms with van der Waals surface area (Å²) in [6.07, 6.45) is 5.93. The van der Waals surface area contributed by atoms with Gasteiger partial charge < -0.3 is 4.74 Å². The number of allylic oxidation sites excluding steroid dienone is 1. The molecule has 0 spiro atoms. The fourth-order valence-electron chi connectivity index (χ4n) is 0.839. The Bertz CT molecular complexity index is 194. The maximum atomic E-state index is 11.1. The van der Waals surface area contributed by atoms with Crippen LogP contribution < -0.4 is 0 Å². The Morgan fingerprint density at radius 2 is 2.00 bits per heavy atom. The van der Waals surface area contributed by atoms with Crippen molar-refractivity contribution in [2.75, 3.05) is 0 Å². The Morgan fingerprint density at radius 3 is 2.42 bits per heavy atom. The molecule has 0 amide bonds. The van der Waals surface area contributed by atoms with Crippen LogP contribution in [-0.2, 0) is 9.53 Å². The third-order valence-electron chi connectivity index (χ3n) is 1.53. The van der Waals surface area contributed by atoms with E-state index >= 15 is 0 Å². The molecule has 0 saturated heterocycles. The standard InChI is InChI=1S/C10H16O2/c1-10(2,3)12-9(11)7-6-8-4-5-8/h6-8H,4-5H2,1-3H3/b7-6+. The van der Waals surface area contributed by atoms with Crippen LogP contribution in [0.2, 0.25) is 0 Å². The maximum Gasteiger partial charge on any atom is 0.330 e. The van der Waals surface area contributed by atoms with E-state index in [2.05, 4.69) is 0 Å². The van der Waals surface area contributed by atoms with Crippen molar-refractivity contribution in [2.45, 2.75) is 39.2 Å².